The molecule has 128 valence electrons. The van der Waals surface area contributed by atoms with Crippen molar-refractivity contribution in [2.75, 3.05) is 17.7 Å². The van der Waals surface area contributed by atoms with Crippen LogP contribution in [0.3, 0.4) is 0 Å². The highest BCUT2D eigenvalue weighted by Gasteiger charge is 2.09. The first-order chi connectivity index (χ1) is 12.1. The number of methoxy groups -OCH3 is 1. The molecule has 0 aliphatic rings. The lowest BCUT2D eigenvalue weighted by molar-refractivity contribution is 0.417. The lowest BCUT2D eigenvalue weighted by Gasteiger charge is -2.13. The van der Waals surface area contributed by atoms with Crippen LogP contribution in [0.2, 0.25) is 5.02 Å². The van der Waals surface area contributed by atoms with Gasteiger partial charge in [-0.1, -0.05) is 29.8 Å². The summed E-state index contributed by atoms with van der Waals surface area (Å²) in [6.07, 6.45) is 1.58. The third-order valence-electron chi connectivity index (χ3n) is 3.70. The molecule has 1 aromatic heterocycles. The van der Waals surface area contributed by atoms with E-state index < -0.39 is 0 Å². The summed E-state index contributed by atoms with van der Waals surface area (Å²) < 4.78 is 5.32. The molecule has 0 bridgehead atoms. The highest BCUT2D eigenvalue weighted by atomic mass is 35.5. The van der Waals surface area contributed by atoms with E-state index in [1.54, 1.807) is 31.5 Å². The number of benzene rings is 2. The maximum Gasteiger partial charge on any atom is 0.249 e. The summed E-state index contributed by atoms with van der Waals surface area (Å²) in [7, 11) is 1.59. The van der Waals surface area contributed by atoms with Crippen molar-refractivity contribution in [3.8, 4) is 5.75 Å². The number of nitrogens with one attached hydrogen (secondary N) is 2. The Bertz CT molecular complexity index is 880. The largest absolute Gasteiger partial charge is 0.495 e. The Balaban J connectivity index is 1.86. The molecule has 0 unspecified atom stereocenters. The van der Waals surface area contributed by atoms with E-state index >= 15 is 0 Å². The predicted molar refractivity (Wildman–Crippen MR) is 100 cm³/mol. The topological polar surface area (TPSA) is 72.0 Å². The number of rotatable bonds is 5. The lowest BCUT2D eigenvalue weighted by Crippen LogP contribution is -2.04. The molecule has 2 N–H and O–H groups in total. The molecule has 25 heavy (non-hydrogen) atoms. The second-order valence-corrected chi connectivity index (χ2v) is 5.96. The van der Waals surface area contributed by atoms with Gasteiger partial charge in [-0.25, -0.2) is 0 Å². The molecule has 3 rings (SSSR count). The fourth-order valence-electron chi connectivity index (χ4n) is 2.45. The Morgan fingerprint density at radius 2 is 1.80 bits per heavy atom. The van der Waals surface area contributed by atoms with Gasteiger partial charge in [-0.05, 0) is 43.2 Å². The summed E-state index contributed by atoms with van der Waals surface area (Å²) in [4.78, 5) is 4.46. The van der Waals surface area contributed by atoms with Crippen LogP contribution < -0.4 is 15.4 Å². The standard InChI is InChI=1S/C18H18ClN5O/c1-11-5-4-6-12(2)17(11)22-16-10-20-24-18(23-16)21-14-9-13(19)7-8-15(14)25-3/h4-10H,1-3H3,(H2,21,22,23,24). The van der Waals surface area contributed by atoms with Gasteiger partial charge in [-0.3, -0.25) is 0 Å². The fraction of sp³-hybridized carbons (Fsp3) is 0.167. The predicted octanol–water partition coefficient (Wildman–Crippen LogP) is 4.64. The van der Waals surface area contributed by atoms with Crippen molar-refractivity contribution in [3.63, 3.8) is 0 Å². The second-order valence-electron chi connectivity index (χ2n) is 5.53. The molecule has 1 heterocycles. The molecular weight excluding hydrogens is 338 g/mol. The molecule has 7 heteroatoms. The highest BCUT2D eigenvalue weighted by molar-refractivity contribution is 6.31. The normalized spacial score (nSPS) is 10.4. The molecule has 3 aromatic rings. The minimum atomic E-state index is 0.344. The summed E-state index contributed by atoms with van der Waals surface area (Å²) in [6.45, 7) is 4.08. The van der Waals surface area contributed by atoms with E-state index in [4.69, 9.17) is 16.3 Å². The summed E-state index contributed by atoms with van der Waals surface area (Å²) in [6, 6.07) is 11.4. The Morgan fingerprint density at radius 1 is 1.04 bits per heavy atom. The number of halogens is 1. The minimum absolute atomic E-state index is 0.344. The van der Waals surface area contributed by atoms with Gasteiger partial charge >= 0.3 is 0 Å². The number of aromatic nitrogens is 3. The van der Waals surface area contributed by atoms with Crippen molar-refractivity contribution in [3.05, 3.63) is 58.7 Å². The summed E-state index contributed by atoms with van der Waals surface area (Å²) in [5.41, 5.74) is 3.93. The van der Waals surface area contributed by atoms with Crippen molar-refractivity contribution in [1.82, 2.24) is 15.2 Å². The zero-order valence-corrected chi connectivity index (χ0v) is 14.9. The molecular formula is C18H18ClN5O. The number of aryl methyl sites for hydroxylation is 2. The first-order valence-corrected chi connectivity index (χ1v) is 8.08. The Hall–Kier alpha value is -2.86. The second kappa shape index (κ2) is 7.36. The Labute approximate surface area is 151 Å². The van der Waals surface area contributed by atoms with Crippen LogP contribution in [0.1, 0.15) is 11.1 Å². The summed E-state index contributed by atoms with van der Waals surface area (Å²) >= 11 is 6.05. The third kappa shape index (κ3) is 3.97. The van der Waals surface area contributed by atoms with Crippen LogP contribution in [0.5, 0.6) is 5.75 Å². The van der Waals surface area contributed by atoms with Gasteiger partial charge < -0.3 is 15.4 Å². The van der Waals surface area contributed by atoms with E-state index in [0.29, 0.717) is 28.2 Å². The molecule has 0 saturated carbocycles. The number of para-hydroxylation sites is 1. The van der Waals surface area contributed by atoms with Crippen LogP contribution in [0.4, 0.5) is 23.1 Å². The van der Waals surface area contributed by atoms with Crippen LogP contribution >= 0.6 is 11.6 Å². The van der Waals surface area contributed by atoms with Gasteiger partial charge in [0, 0.05) is 10.7 Å². The van der Waals surface area contributed by atoms with E-state index in [0.717, 1.165) is 16.8 Å². The van der Waals surface area contributed by atoms with Gasteiger partial charge in [0.05, 0.1) is 19.0 Å². The third-order valence-corrected chi connectivity index (χ3v) is 3.94. The maximum atomic E-state index is 6.05. The number of anilines is 4. The number of hydrogen-bond donors (Lipinski definition) is 2. The molecule has 0 atom stereocenters. The smallest absolute Gasteiger partial charge is 0.249 e. The van der Waals surface area contributed by atoms with E-state index in [9.17, 15) is 0 Å². The van der Waals surface area contributed by atoms with Crippen molar-refractivity contribution in [1.29, 1.82) is 0 Å². The molecule has 0 fully saturated rings. The highest BCUT2D eigenvalue weighted by Crippen LogP contribution is 2.30. The molecule has 6 nitrogen and oxygen atoms in total. The van der Waals surface area contributed by atoms with Gasteiger partial charge in [0.2, 0.25) is 5.95 Å². The monoisotopic (exact) mass is 355 g/mol. The number of hydrogen-bond acceptors (Lipinski definition) is 6. The lowest BCUT2D eigenvalue weighted by atomic mass is 10.1. The van der Waals surface area contributed by atoms with Crippen LogP contribution in [0.25, 0.3) is 0 Å². The molecule has 0 spiro atoms. The van der Waals surface area contributed by atoms with Gasteiger partial charge in [-0.15, -0.1) is 5.10 Å². The summed E-state index contributed by atoms with van der Waals surface area (Å²) in [5.74, 6) is 1.58. The van der Waals surface area contributed by atoms with Crippen LogP contribution in [-0.2, 0) is 0 Å². The minimum Gasteiger partial charge on any atom is -0.495 e. The van der Waals surface area contributed by atoms with E-state index in [1.807, 2.05) is 32.0 Å². The average Bonchev–Trinajstić information content (AvgIpc) is 2.59. The maximum absolute atomic E-state index is 6.05. The average molecular weight is 356 g/mol. The van der Waals surface area contributed by atoms with Crippen molar-refractivity contribution >= 4 is 34.7 Å². The van der Waals surface area contributed by atoms with Gasteiger partial charge in [0.15, 0.2) is 5.82 Å². The molecule has 0 saturated heterocycles. The molecule has 0 aliphatic heterocycles. The first-order valence-electron chi connectivity index (χ1n) is 7.70. The zero-order valence-electron chi connectivity index (χ0n) is 14.2. The zero-order chi connectivity index (χ0) is 17.8. The first kappa shape index (κ1) is 17.0. The fourth-order valence-corrected chi connectivity index (χ4v) is 2.63. The Morgan fingerprint density at radius 3 is 2.52 bits per heavy atom. The van der Waals surface area contributed by atoms with Gasteiger partial charge in [0.25, 0.3) is 0 Å². The number of nitrogens with zero attached hydrogens (tertiary/aromatic N) is 3. The van der Waals surface area contributed by atoms with Crippen LogP contribution in [0.15, 0.2) is 42.6 Å². The Kier molecular flexibility index (Phi) is 5.00. The SMILES string of the molecule is COc1ccc(Cl)cc1Nc1nncc(Nc2c(C)cccc2C)n1. The molecule has 2 aromatic carbocycles. The number of ether oxygens (including phenoxy) is 1. The molecule has 0 aliphatic carbocycles. The molecule has 0 radical (unpaired) electrons. The van der Waals surface area contributed by atoms with Crippen molar-refractivity contribution in [2.24, 2.45) is 0 Å². The quantitative estimate of drug-likeness (QED) is 0.694. The summed E-state index contributed by atoms with van der Waals surface area (Å²) in [5, 5.41) is 15.0. The van der Waals surface area contributed by atoms with E-state index in [1.165, 1.54) is 0 Å². The van der Waals surface area contributed by atoms with E-state index in [-0.39, 0.29) is 0 Å². The molecule has 0 amide bonds. The van der Waals surface area contributed by atoms with Gasteiger partial charge in [0.1, 0.15) is 5.75 Å². The van der Waals surface area contributed by atoms with Crippen molar-refractivity contribution < 1.29 is 4.74 Å². The van der Waals surface area contributed by atoms with Crippen LogP contribution in [0, 0.1) is 13.8 Å². The van der Waals surface area contributed by atoms with Crippen LogP contribution in [-0.4, -0.2) is 22.3 Å². The van der Waals surface area contributed by atoms with Crippen molar-refractivity contribution in [2.45, 2.75) is 13.8 Å². The van der Waals surface area contributed by atoms with Gasteiger partial charge in [-0.2, -0.15) is 10.1 Å². The van der Waals surface area contributed by atoms with E-state index in [2.05, 4.69) is 25.8 Å².